The first-order valence-corrected chi connectivity index (χ1v) is 10.3. The zero-order valence-electron chi connectivity index (χ0n) is 16.8. The summed E-state index contributed by atoms with van der Waals surface area (Å²) in [7, 11) is 3.23. The van der Waals surface area contributed by atoms with Gasteiger partial charge in [0.05, 0.1) is 20.6 Å². The first kappa shape index (κ1) is 20.9. The number of aromatic nitrogens is 2. The molecule has 1 unspecified atom stereocenters. The largest absolute Gasteiger partial charge is 0.497 e. The molecule has 7 nitrogen and oxygen atoms in total. The summed E-state index contributed by atoms with van der Waals surface area (Å²) >= 11 is 1.70. The minimum Gasteiger partial charge on any atom is -0.497 e. The maximum absolute atomic E-state index is 12.2. The monoisotopic (exact) mass is 415 g/mol. The molecule has 0 aliphatic rings. The third-order valence-corrected chi connectivity index (χ3v) is 5.30. The van der Waals surface area contributed by atoms with Gasteiger partial charge in [-0.15, -0.1) is 21.5 Å². The van der Waals surface area contributed by atoms with Crippen molar-refractivity contribution in [2.45, 2.75) is 38.6 Å². The normalized spacial score (nSPS) is 11.8. The molecule has 29 heavy (non-hydrogen) atoms. The highest BCUT2D eigenvalue weighted by atomic mass is 32.1. The Bertz CT molecular complexity index is 924. The van der Waals surface area contributed by atoms with Gasteiger partial charge in [-0.2, -0.15) is 0 Å². The number of thiophene rings is 1. The molecule has 3 aromatic rings. The van der Waals surface area contributed by atoms with Crippen molar-refractivity contribution in [2.75, 3.05) is 14.2 Å². The molecule has 1 N–H and O–H groups in total. The van der Waals surface area contributed by atoms with Crippen LogP contribution in [0.3, 0.4) is 0 Å². The maximum Gasteiger partial charge on any atom is 0.221 e. The fourth-order valence-corrected chi connectivity index (χ4v) is 3.83. The lowest BCUT2D eigenvalue weighted by atomic mass is 10.1. The molecule has 0 aliphatic heterocycles. The summed E-state index contributed by atoms with van der Waals surface area (Å²) in [4.78, 5) is 13.4. The van der Waals surface area contributed by atoms with E-state index in [1.807, 2.05) is 36.6 Å². The number of amides is 1. The van der Waals surface area contributed by atoms with Crippen molar-refractivity contribution < 1.29 is 18.7 Å². The van der Waals surface area contributed by atoms with Gasteiger partial charge >= 0.3 is 0 Å². The Morgan fingerprint density at radius 2 is 2.03 bits per heavy atom. The lowest BCUT2D eigenvalue weighted by Gasteiger charge is -2.12. The zero-order valence-corrected chi connectivity index (χ0v) is 17.6. The van der Waals surface area contributed by atoms with Crippen LogP contribution in [-0.2, 0) is 24.1 Å². The minimum atomic E-state index is -0.0247. The second-order valence-electron chi connectivity index (χ2n) is 6.70. The average molecular weight is 416 g/mol. The van der Waals surface area contributed by atoms with E-state index in [9.17, 15) is 4.79 Å². The quantitative estimate of drug-likeness (QED) is 0.546. The zero-order chi connectivity index (χ0) is 20.6. The van der Waals surface area contributed by atoms with Crippen molar-refractivity contribution in [2.24, 2.45) is 0 Å². The standard InChI is InChI=1S/C21H25N3O4S/c1-14(11-17-5-4-10-29-17)22-19(25)8-9-20-23-24-21(28-20)13-15-12-16(26-2)6-7-18(15)27-3/h4-7,10,12,14H,8-9,11,13H2,1-3H3,(H,22,25). The van der Waals surface area contributed by atoms with Crippen LogP contribution < -0.4 is 14.8 Å². The fraction of sp³-hybridized carbons (Fsp3) is 0.381. The van der Waals surface area contributed by atoms with Crippen LogP contribution in [0.25, 0.3) is 0 Å². The molecule has 0 saturated heterocycles. The molecule has 2 aromatic heterocycles. The Balaban J connectivity index is 1.51. The van der Waals surface area contributed by atoms with E-state index >= 15 is 0 Å². The lowest BCUT2D eigenvalue weighted by Crippen LogP contribution is -2.34. The first-order chi connectivity index (χ1) is 14.1. The van der Waals surface area contributed by atoms with Crippen LogP contribution in [0.2, 0.25) is 0 Å². The van der Waals surface area contributed by atoms with Gasteiger partial charge in [0.2, 0.25) is 17.7 Å². The highest BCUT2D eigenvalue weighted by molar-refractivity contribution is 7.09. The Hall–Kier alpha value is -2.87. The second kappa shape index (κ2) is 10.1. The predicted octanol–water partition coefficient (Wildman–Crippen LogP) is 3.42. The average Bonchev–Trinajstić information content (AvgIpc) is 3.38. The molecule has 154 valence electrons. The maximum atomic E-state index is 12.2. The third kappa shape index (κ3) is 6.05. The van der Waals surface area contributed by atoms with Crippen LogP contribution in [0, 0.1) is 0 Å². The molecule has 0 aliphatic carbocycles. The molecule has 1 amide bonds. The van der Waals surface area contributed by atoms with Crippen molar-refractivity contribution in [1.82, 2.24) is 15.5 Å². The number of hydrogen-bond donors (Lipinski definition) is 1. The van der Waals surface area contributed by atoms with Crippen LogP contribution in [-0.4, -0.2) is 36.4 Å². The van der Waals surface area contributed by atoms with Gasteiger partial charge in [0.1, 0.15) is 11.5 Å². The molecule has 0 bridgehead atoms. The number of nitrogens with one attached hydrogen (secondary N) is 1. The number of benzene rings is 1. The van der Waals surface area contributed by atoms with Crippen molar-refractivity contribution in [3.63, 3.8) is 0 Å². The number of carbonyl (C=O) groups is 1. The van der Waals surface area contributed by atoms with Gasteiger partial charge in [0, 0.05) is 35.7 Å². The van der Waals surface area contributed by atoms with Crippen LogP contribution in [0.1, 0.15) is 35.6 Å². The number of rotatable bonds is 10. The van der Waals surface area contributed by atoms with E-state index in [1.54, 1.807) is 25.6 Å². The van der Waals surface area contributed by atoms with Crippen molar-refractivity contribution in [3.05, 3.63) is 57.9 Å². The minimum absolute atomic E-state index is 0.0247. The van der Waals surface area contributed by atoms with E-state index in [0.717, 1.165) is 23.5 Å². The van der Waals surface area contributed by atoms with E-state index in [0.29, 0.717) is 31.0 Å². The number of nitrogens with zero attached hydrogens (tertiary/aromatic N) is 2. The summed E-state index contributed by atoms with van der Waals surface area (Å²) in [6.45, 7) is 2.00. The summed E-state index contributed by atoms with van der Waals surface area (Å²) in [5.74, 6) is 2.35. The fourth-order valence-electron chi connectivity index (χ4n) is 2.99. The highest BCUT2D eigenvalue weighted by Gasteiger charge is 2.14. The van der Waals surface area contributed by atoms with Gasteiger partial charge < -0.3 is 19.2 Å². The van der Waals surface area contributed by atoms with Crippen molar-refractivity contribution in [3.8, 4) is 11.5 Å². The van der Waals surface area contributed by atoms with Gasteiger partial charge in [-0.3, -0.25) is 4.79 Å². The van der Waals surface area contributed by atoms with Crippen LogP contribution in [0.15, 0.2) is 40.1 Å². The summed E-state index contributed by atoms with van der Waals surface area (Å²) in [5, 5.41) is 13.2. The number of ether oxygens (including phenoxy) is 2. The van der Waals surface area contributed by atoms with Gasteiger partial charge in [-0.1, -0.05) is 6.07 Å². The molecule has 8 heteroatoms. The smallest absolute Gasteiger partial charge is 0.221 e. The van der Waals surface area contributed by atoms with Gasteiger partial charge in [0.25, 0.3) is 0 Å². The Morgan fingerprint density at radius 3 is 2.76 bits per heavy atom. The van der Waals surface area contributed by atoms with E-state index < -0.39 is 0 Å². The summed E-state index contributed by atoms with van der Waals surface area (Å²) in [5.41, 5.74) is 0.891. The van der Waals surface area contributed by atoms with Gasteiger partial charge in [-0.25, -0.2) is 0 Å². The van der Waals surface area contributed by atoms with Crippen molar-refractivity contribution >= 4 is 17.2 Å². The number of methoxy groups -OCH3 is 2. The molecule has 0 fully saturated rings. The Labute approximate surface area is 174 Å². The van der Waals surface area contributed by atoms with Gasteiger partial charge in [0.15, 0.2) is 0 Å². The van der Waals surface area contributed by atoms with Crippen LogP contribution >= 0.6 is 11.3 Å². The predicted molar refractivity (Wildman–Crippen MR) is 111 cm³/mol. The van der Waals surface area contributed by atoms with E-state index in [4.69, 9.17) is 13.9 Å². The molecule has 1 aromatic carbocycles. The number of hydrogen-bond acceptors (Lipinski definition) is 7. The Morgan fingerprint density at radius 1 is 1.21 bits per heavy atom. The molecule has 2 heterocycles. The SMILES string of the molecule is COc1ccc(OC)c(Cc2nnc(CCC(=O)NC(C)Cc3cccs3)o2)c1. The second-order valence-corrected chi connectivity index (χ2v) is 7.73. The van der Waals surface area contributed by atoms with E-state index in [-0.39, 0.29) is 11.9 Å². The third-order valence-electron chi connectivity index (χ3n) is 4.40. The summed E-state index contributed by atoms with van der Waals surface area (Å²) < 4.78 is 16.3. The Kier molecular flexibility index (Phi) is 7.24. The molecular formula is C21H25N3O4S. The molecular weight excluding hydrogens is 390 g/mol. The summed E-state index contributed by atoms with van der Waals surface area (Å²) in [6.07, 6.45) is 1.96. The number of aryl methyl sites for hydroxylation is 1. The molecule has 0 spiro atoms. The molecule has 0 radical (unpaired) electrons. The van der Waals surface area contributed by atoms with E-state index in [1.165, 1.54) is 4.88 Å². The number of carbonyl (C=O) groups excluding carboxylic acids is 1. The molecule has 1 atom stereocenters. The highest BCUT2D eigenvalue weighted by Crippen LogP contribution is 2.26. The molecule has 0 saturated carbocycles. The van der Waals surface area contributed by atoms with Gasteiger partial charge in [-0.05, 0) is 36.6 Å². The molecule has 3 rings (SSSR count). The topological polar surface area (TPSA) is 86.5 Å². The van der Waals surface area contributed by atoms with Crippen molar-refractivity contribution in [1.29, 1.82) is 0 Å². The van der Waals surface area contributed by atoms with Crippen LogP contribution in [0.5, 0.6) is 11.5 Å². The lowest BCUT2D eigenvalue weighted by molar-refractivity contribution is -0.121. The summed E-state index contributed by atoms with van der Waals surface area (Å²) in [6, 6.07) is 9.73. The van der Waals surface area contributed by atoms with E-state index in [2.05, 4.69) is 21.6 Å². The first-order valence-electron chi connectivity index (χ1n) is 9.41. The van der Waals surface area contributed by atoms with Crippen LogP contribution in [0.4, 0.5) is 0 Å².